The molecule has 0 aromatic heterocycles. The lowest BCUT2D eigenvalue weighted by Crippen LogP contribution is -2.21. The summed E-state index contributed by atoms with van der Waals surface area (Å²) in [6.45, 7) is 0.884. The molecular weight excluding hydrogens is 210 g/mol. The van der Waals surface area contributed by atoms with Gasteiger partial charge in [0.15, 0.2) is 0 Å². The summed E-state index contributed by atoms with van der Waals surface area (Å²) < 4.78 is 0. The van der Waals surface area contributed by atoms with Crippen LogP contribution in [0.25, 0.3) is 0 Å². The lowest BCUT2D eigenvalue weighted by molar-refractivity contribution is 0.460. The van der Waals surface area contributed by atoms with E-state index in [9.17, 15) is 5.11 Å². The minimum atomic E-state index is 0.353. The fraction of sp³-hybridized carbons (Fsp3) is 0.200. The van der Waals surface area contributed by atoms with Gasteiger partial charge < -0.3 is 10.4 Å². The quantitative estimate of drug-likeness (QED) is 0.781. The minimum Gasteiger partial charge on any atom is -0.508 e. The Morgan fingerprint density at radius 1 is 1.00 bits per heavy atom. The number of aromatic hydroxyl groups is 1. The maximum atomic E-state index is 9.88. The normalized spacial score (nSPS) is 18.2. The SMILES string of the molecule is Oc1ccccc1C1CNc2ccccc2C1. The average Bonchev–Trinajstić information content (AvgIpc) is 2.39. The first-order chi connectivity index (χ1) is 8.34. The third-order valence-electron chi connectivity index (χ3n) is 3.40. The van der Waals surface area contributed by atoms with Crippen LogP contribution in [0.3, 0.4) is 0 Å². The molecule has 2 nitrogen and oxygen atoms in total. The molecule has 1 heterocycles. The third-order valence-corrected chi connectivity index (χ3v) is 3.40. The zero-order valence-electron chi connectivity index (χ0n) is 9.56. The molecule has 2 aromatic carbocycles. The molecule has 86 valence electrons. The van der Waals surface area contributed by atoms with Gasteiger partial charge in [0.1, 0.15) is 5.75 Å². The van der Waals surface area contributed by atoms with Crippen LogP contribution >= 0.6 is 0 Å². The van der Waals surface area contributed by atoms with Crippen molar-refractivity contribution in [2.24, 2.45) is 0 Å². The molecule has 1 atom stereocenters. The summed E-state index contributed by atoms with van der Waals surface area (Å²) in [5.41, 5.74) is 3.58. The monoisotopic (exact) mass is 225 g/mol. The highest BCUT2D eigenvalue weighted by Gasteiger charge is 2.21. The van der Waals surface area contributed by atoms with Gasteiger partial charge in [0, 0.05) is 18.2 Å². The Bertz CT molecular complexity index is 536. The summed E-state index contributed by atoms with van der Waals surface area (Å²) in [4.78, 5) is 0. The fourth-order valence-electron chi connectivity index (χ4n) is 2.49. The summed E-state index contributed by atoms with van der Waals surface area (Å²) in [5, 5.41) is 13.3. The summed E-state index contributed by atoms with van der Waals surface area (Å²) in [6.07, 6.45) is 0.987. The Labute approximate surface area is 101 Å². The maximum absolute atomic E-state index is 9.88. The second-order valence-corrected chi connectivity index (χ2v) is 4.50. The van der Waals surface area contributed by atoms with Crippen molar-refractivity contribution < 1.29 is 5.11 Å². The standard InChI is InChI=1S/C15H15NO/c17-15-8-4-2-6-13(15)12-9-11-5-1-3-7-14(11)16-10-12/h1-8,12,16-17H,9-10H2. The summed E-state index contributed by atoms with van der Waals surface area (Å²) >= 11 is 0. The Hall–Kier alpha value is -1.96. The second kappa shape index (κ2) is 4.13. The number of phenolic OH excluding ortho intramolecular Hbond substituents is 1. The zero-order valence-corrected chi connectivity index (χ0v) is 9.56. The van der Waals surface area contributed by atoms with Gasteiger partial charge in [0.2, 0.25) is 0 Å². The van der Waals surface area contributed by atoms with E-state index in [1.54, 1.807) is 6.07 Å². The van der Waals surface area contributed by atoms with E-state index in [0.717, 1.165) is 18.5 Å². The summed E-state index contributed by atoms with van der Waals surface area (Å²) in [7, 11) is 0. The maximum Gasteiger partial charge on any atom is 0.119 e. The minimum absolute atomic E-state index is 0.353. The third kappa shape index (κ3) is 1.86. The topological polar surface area (TPSA) is 32.3 Å². The molecular formula is C15H15NO. The van der Waals surface area contributed by atoms with E-state index in [2.05, 4.69) is 23.5 Å². The Kier molecular flexibility index (Phi) is 2.48. The van der Waals surface area contributed by atoms with Gasteiger partial charge in [-0.3, -0.25) is 0 Å². The van der Waals surface area contributed by atoms with Crippen molar-refractivity contribution in [1.29, 1.82) is 0 Å². The number of fused-ring (bicyclic) bond motifs is 1. The van der Waals surface area contributed by atoms with Gasteiger partial charge in [-0.2, -0.15) is 0 Å². The van der Waals surface area contributed by atoms with Gasteiger partial charge in [-0.25, -0.2) is 0 Å². The Balaban J connectivity index is 1.92. The zero-order chi connectivity index (χ0) is 11.7. The van der Waals surface area contributed by atoms with Crippen LogP contribution < -0.4 is 5.32 Å². The average molecular weight is 225 g/mol. The van der Waals surface area contributed by atoms with Gasteiger partial charge in [0.25, 0.3) is 0 Å². The molecule has 0 radical (unpaired) electrons. The van der Waals surface area contributed by atoms with Gasteiger partial charge in [0.05, 0.1) is 0 Å². The molecule has 3 rings (SSSR count). The molecule has 1 aliphatic rings. The lowest BCUT2D eigenvalue weighted by atomic mass is 9.88. The number of phenols is 1. The predicted octanol–water partition coefficient (Wildman–Crippen LogP) is 3.14. The van der Waals surface area contributed by atoms with Crippen LogP contribution in [0.4, 0.5) is 5.69 Å². The van der Waals surface area contributed by atoms with E-state index in [0.29, 0.717) is 11.7 Å². The van der Waals surface area contributed by atoms with Crippen LogP contribution in [-0.4, -0.2) is 11.7 Å². The van der Waals surface area contributed by atoms with Crippen molar-refractivity contribution in [2.75, 3.05) is 11.9 Å². The Morgan fingerprint density at radius 3 is 2.65 bits per heavy atom. The number of benzene rings is 2. The summed E-state index contributed by atoms with van der Waals surface area (Å²) in [6, 6.07) is 16.0. The number of hydrogen-bond donors (Lipinski definition) is 2. The highest BCUT2D eigenvalue weighted by atomic mass is 16.3. The van der Waals surface area contributed by atoms with E-state index >= 15 is 0 Å². The molecule has 2 heteroatoms. The predicted molar refractivity (Wildman–Crippen MR) is 69.5 cm³/mol. The van der Waals surface area contributed by atoms with Crippen LogP contribution in [0.2, 0.25) is 0 Å². The van der Waals surface area contributed by atoms with Crippen molar-refractivity contribution in [3.63, 3.8) is 0 Å². The van der Waals surface area contributed by atoms with Crippen LogP contribution in [0.15, 0.2) is 48.5 Å². The van der Waals surface area contributed by atoms with Crippen LogP contribution in [-0.2, 0) is 6.42 Å². The number of rotatable bonds is 1. The lowest BCUT2D eigenvalue weighted by Gasteiger charge is -2.26. The molecule has 0 bridgehead atoms. The van der Waals surface area contributed by atoms with Crippen LogP contribution in [0.1, 0.15) is 17.0 Å². The first-order valence-electron chi connectivity index (χ1n) is 5.94. The van der Waals surface area contributed by atoms with Crippen molar-refractivity contribution in [1.82, 2.24) is 0 Å². The fourth-order valence-corrected chi connectivity index (χ4v) is 2.49. The molecule has 0 amide bonds. The van der Waals surface area contributed by atoms with E-state index in [4.69, 9.17) is 0 Å². The van der Waals surface area contributed by atoms with E-state index < -0.39 is 0 Å². The second-order valence-electron chi connectivity index (χ2n) is 4.50. The largest absolute Gasteiger partial charge is 0.508 e. The first-order valence-corrected chi connectivity index (χ1v) is 5.94. The molecule has 0 fully saturated rings. The Morgan fingerprint density at radius 2 is 1.76 bits per heavy atom. The molecule has 1 aliphatic heterocycles. The highest BCUT2D eigenvalue weighted by Crippen LogP contribution is 2.33. The molecule has 0 saturated heterocycles. The van der Waals surface area contributed by atoms with Crippen LogP contribution in [0.5, 0.6) is 5.75 Å². The molecule has 2 N–H and O–H groups in total. The van der Waals surface area contributed by atoms with Gasteiger partial charge >= 0.3 is 0 Å². The number of anilines is 1. The smallest absolute Gasteiger partial charge is 0.119 e. The number of para-hydroxylation sites is 2. The van der Waals surface area contributed by atoms with E-state index in [1.807, 2.05) is 24.3 Å². The molecule has 1 unspecified atom stereocenters. The van der Waals surface area contributed by atoms with Gasteiger partial charge in [-0.1, -0.05) is 36.4 Å². The van der Waals surface area contributed by atoms with Crippen molar-refractivity contribution >= 4 is 5.69 Å². The molecule has 2 aromatic rings. The molecule has 0 saturated carbocycles. The van der Waals surface area contributed by atoms with Gasteiger partial charge in [-0.05, 0) is 29.7 Å². The highest BCUT2D eigenvalue weighted by molar-refractivity contribution is 5.55. The van der Waals surface area contributed by atoms with Crippen molar-refractivity contribution in [2.45, 2.75) is 12.3 Å². The van der Waals surface area contributed by atoms with Crippen LogP contribution in [0, 0.1) is 0 Å². The molecule has 0 aliphatic carbocycles. The molecule has 0 spiro atoms. The first kappa shape index (κ1) is 10.2. The van der Waals surface area contributed by atoms with Crippen molar-refractivity contribution in [3.05, 3.63) is 59.7 Å². The summed E-state index contributed by atoms with van der Waals surface area (Å²) in [5.74, 6) is 0.754. The van der Waals surface area contributed by atoms with E-state index in [1.165, 1.54) is 11.3 Å². The van der Waals surface area contributed by atoms with Gasteiger partial charge in [-0.15, -0.1) is 0 Å². The van der Waals surface area contributed by atoms with E-state index in [-0.39, 0.29) is 0 Å². The molecule has 17 heavy (non-hydrogen) atoms. The van der Waals surface area contributed by atoms with Crippen molar-refractivity contribution in [3.8, 4) is 5.75 Å². The number of hydrogen-bond acceptors (Lipinski definition) is 2. The number of nitrogens with one attached hydrogen (secondary N) is 1.